The minimum absolute atomic E-state index is 0.104. The molecule has 2 N–H and O–H groups in total. The third-order valence-corrected chi connectivity index (χ3v) is 3.56. The Labute approximate surface area is 106 Å². The molecule has 0 amide bonds. The summed E-state index contributed by atoms with van der Waals surface area (Å²) >= 11 is 0. The van der Waals surface area contributed by atoms with Gasteiger partial charge in [0, 0.05) is 0 Å². The third kappa shape index (κ3) is 4.68. The molecule has 0 saturated heterocycles. The highest BCUT2D eigenvalue weighted by Crippen LogP contribution is 2.04. The van der Waals surface area contributed by atoms with Crippen LogP contribution in [0, 0.1) is 0 Å². The molecule has 5 nitrogen and oxygen atoms in total. The lowest BCUT2D eigenvalue weighted by Crippen LogP contribution is -2.43. The largest absolute Gasteiger partial charge is 0.480 e. The molecule has 0 radical (unpaired) electrons. The highest BCUT2D eigenvalue weighted by atomic mass is 32.2. The molecule has 6 heteroatoms. The van der Waals surface area contributed by atoms with E-state index in [1.165, 1.54) is 6.08 Å². The minimum atomic E-state index is -3.64. The molecule has 98 valence electrons. The zero-order chi connectivity index (χ0) is 13.6. The van der Waals surface area contributed by atoms with E-state index in [-0.39, 0.29) is 12.2 Å². The molecular weight excluding hydrogens is 254 g/mol. The Morgan fingerprint density at radius 2 is 2.00 bits per heavy atom. The summed E-state index contributed by atoms with van der Waals surface area (Å²) in [6, 6.07) is 7.67. The van der Waals surface area contributed by atoms with E-state index in [4.69, 9.17) is 5.11 Å². The lowest BCUT2D eigenvalue weighted by molar-refractivity contribution is -0.138. The molecule has 0 aliphatic rings. The number of benzene rings is 1. The maximum atomic E-state index is 11.5. The summed E-state index contributed by atoms with van der Waals surface area (Å²) in [6.07, 6.45) is 1.32. The molecule has 1 rings (SSSR count). The molecule has 0 fully saturated rings. The lowest BCUT2D eigenvalue weighted by atomic mass is 10.1. The Hall–Kier alpha value is -1.66. The summed E-state index contributed by atoms with van der Waals surface area (Å²) in [5, 5.41) is 9.01. The van der Waals surface area contributed by atoms with Crippen molar-refractivity contribution < 1.29 is 18.3 Å². The van der Waals surface area contributed by atoms with Crippen molar-refractivity contribution in [3.63, 3.8) is 0 Å². The number of carbonyl (C=O) groups is 1. The number of rotatable bonds is 7. The van der Waals surface area contributed by atoms with Gasteiger partial charge in [0.2, 0.25) is 10.0 Å². The van der Waals surface area contributed by atoms with Crippen molar-refractivity contribution in [3.05, 3.63) is 48.6 Å². The number of aliphatic carboxylic acids is 1. The van der Waals surface area contributed by atoms with Gasteiger partial charge in [0.05, 0.1) is 5.75 Å². The second kappa shape index (κ2) is 6.32. The number of carboxylic acid groups (broad SMARTS) is 1. The van der Waals surface area contributed by atoms with Gasteiger partial charge in [-0.1, -0.05) is 36.4 Å². The van der Waals surface area contributed by atoms with Crippen molar-refractivity contribution in [1.29, 1.82) is 0 Å². The van der Waals surface area contributed by atoms with Crippen LogP contribution in [0.15, 0.2) is 43.0 Å². The SMILES string of the molecule is C=CCS(=O)(=O)NC(Cc1ccccc1)C(=O)O. The first-order valence-corrected chi connectivity index (χ1v) is 6.97. The standard InChI is InChI=1S/C12H15NO4S/c1-2-8-18(16,17)13-11(12(14)15)9-10-6-4-3-5-7-10/h2-7,11,13H,1,8-9H2,(H,14,15). The Morgan fingerprint density at radius 1 is 1.39 bits per heavy atom. The monoisotopic (exact) mass is 269 g/mol. The van der Waals surface area contributed by atoms with E-state index in [1.54, 1.807) is 30.3 Å². The van der Waals surface area contributed by atoms with Gasteiger partial charge in [0.15, 0.2) is 0 Å². The maximum absolute atomic E-state index is 11.5. The van der Waals surface area contributed by atoms with Crippen molar-refractivity contribution in [1.82, 2.24) is 4.72 Å². The molecule has 0 aliphatic carbocycles. The molecule has 1 aromatic carbocycles. The molecule has 0 heterocycles. The van der Waals surface area contributed by atoms with Gasteiger partial charge in [-0.05, 0) is 12.0 Å². The van der Waals surface area contributed by atoms with Gasteiger partial charge in [-0.25, -0.2) is 13.1 Å². The zero-order valence-corrected chi connectivity index (χ0v) is 10.6. The normalized spacial score (nSPS) is 12.9. The van der Waals surface area contributed by atoms with Crippen LogP contribution < -0.4 is 4.72 Å². The molecule has 0 spiro atoms. The molecule has 1 unspecified atom stereocenters. The third-order valence-electron chi connectivity index (χ3n) is 2.24. The van der Waals surface area contributed by atoms with Gasteiger partial charge in [-0.3, -0.25) is 4.79 Å². The minimum Gasteiger partial charge on any atom is -0.480 e. The number of hydrogen-bond donors (Lipinski definition) is 2. The van der Waals surface area contributed by atoms with Crippen molar-refractivity contribution in [2.75, 3.05) is 5.75 Å². The second-order valence-electron chi connectivity index (χ2n) is 3.77. The fourth-order valence-corrected chi connectivity index (χ4v) is 2.47. The van der Waals surface area contributed by atoms with E-state index in [9.17, 15) is 13.2 Å². The van der Waals surface area contributed by atoms with E-state index in [2.05, 4.69) is 11.3 Å². The van der Waals surface area contributed by atoms with Crippen molar-refractivity contribution in [2.45, 2.75) is 12.5 Å². The molecule has 0 saturated carbocycles. The fraction of sp³-hybridized carbons (Fsp3) is 0.250. The van der Waals surface area contributed by atoms with Gasteiger partial charge in [0.25, 0.3) is 0 Å². The Bertz CT molecular complexity index is 510. The predicted molar refractivity (Wildman–Crippen MR) is 68.7 cm³/mol. The van der Waals surface area contributed by atoms with Crippen molar-refractivity contribution in [3.8, 4) is 0 Å². The molecule has 0 aromatic heterocycles. The fourth-order valence-electron chi connectivity index (χ4n) is 1.45. The quantitative estimate of drug-likeness (QED) is 0.717. The van der Waals surface area contributed by atoms with Crippen LogP contribution in [0.3, 0.4) is 0 Å². The zero-order valence-electron chi connectivity index (χ0n) is 9.74. The smallest absolute Gasteiger partial charge is 0.322 e. The summed E-state index contributed by atoms with van der Waals surface area (Å²) in [4.78, 5) is 11.0. The molecule has 0 aliphatic heterocycles. The van der Waals surface area contributed by atoms with Gasteiger partial charge in [-0.15, -0.1) is 6.58 Å². The maximum Gasteiger partial charge on any atom is 0.322 e. The van der Waals surface area contributed by atoms with Crippen molar-refractivity contribution in [2.24, 2.45) is 0 Å². The van der Waals surface area contributed by atoms with E-state index in [1.807, 2.05) is 0 Å². The van der Waals surface area contributed by atoms with Crippen LogP contribution in [0.5, 0.6) is 0 Å². The van der Waals surface area contributed by atoms with Crippen LogP contribution in [0.1, 0.15) is 5.56 Å². The first kappa shape index (κ1) is 14.4. The summed E-state index contributed by atoms with van der Waals surface area (Å²) in [6.45, 7) is 3.32. The van der Waals surface area contributed by atoms with Gasteiger partial charge < -0.3 is 5.11 Å². The van der Waals surface area contributed by atoms with Crippen LogP contribution in [-0.2, 0) is 21.2 Å². The molecule has 1 aromatic rings. The first-order chi connectivity index (χ1) is 8.44. The summed E-state index contributed by atoms with van der Waals surface area (Å²) < 4.78 is 25.1. The van der Waals surface area contributed by atoms with E-state index in [0.717, 1.165) is 5.56 Å². The molecule has 1 atom stereocenters. The molecule has 0 bridgehead atoms. The van der Waals surface area contributed by atoms with Gasteiger partial charge >= 0.3 is 5.97 Å². The van der Waals surface area contributed by atoms with Crippen LogP contribution >= 0.6 is 0 Å². The van der Waals surface area contributed by atoms with E-state index >= 15 is 0 Å². The Kier molecular flexibility index (Phi) is 5.06. The average Bonchev–Trinajstić information content (AvgIpc) is 2.29. The lowest BCUT2D eigenvalue weighted by Gasteiger charge is -2.14. The summed E-state index contributed by atoms with van der Waals surface area (Å²) in [7, 11) is -3.64. The number of hydrogen-bond acceptors (Lipinski definition) is 3. The average molecular weight is 269 g/mol. The van der Waals surface area contributed by atoms with Gasteiger partial charge in [0.1, 0.15) is 6.04 Å². The van der Waals surface area contributed by atoms with Crippen LogP contribution in [0.25, 0.3) is 0 Å². The Morgan fingerprint density at radius 3 is 2.50 bits per heavy atom. The number of sulfonamides is 1. The Balaban J connectivity index is 2.79. The molecular formula is C12H15NO4S. The highest BCUT2D eigenvalue weighted by molar-refractivity contribution is 7.89. The van der Waals surface area contributed by atoms with Crippen molar-refractivity contribution >= 4 is 16.0 Å². The molecule has 18 heavy (non-hydrogen) atoms. The van der Waals surface area contributed by atoms with Crippen LogP contribution in [0.2, 0.25) is 0 Å². The summed E-state index contributed by atoms with van der Waals surface area (Å²) in [5.74, 6) is -1.50. The number of carboxylic acids is 1. The predicted octanol–water partition coefficient (Wildman–Crippen LogP) is 0.788. The topological polar surface area (TPSA) is 83.5 Å². The van der Waals surface area contributed by atoms with Gasteiger partial charge in [-0.2, -0.15) is 0 Å². The van der Waals surface area contributed by atoms with Crippen LogP contribution in [0.4, 0.5) is 0 Å². The summed E-state index contributed by atoms with van der Waals surface area (Å²) in [5.41, 5.74) is 0.756. The van der Waals surface area contributed by atoms with E-state index < -0.39 is 22.0 Å². The highest BCUT2D eigenvalue weighted by Gasteiger charge is 2.23. The first-order valence-electron chi connectivity index (χ1n) is 5.32. The van der Waals surface area contributed by atoms with Crippen LogP contribution in [-0.4, -0.2) is 31.3 Å². The number of nitrogens with one attached hydrogen (secondary N) is 1. The second-order valence-corrected chi connectivity index (χ2v) is 5.57. The van der Waals surface area contributed by atoms with E-state index in [0.29, 0.717) is 0 Å².